The summed E-state index contributed by atoms with van der Waals surface area (Å²) >= 11 is 6.02. The molecule has 8 heteroatoms. The largest absolute Gasteiger partial charge is 0.300 e. The molecule has 2 aromatic rings. The second-order valence-corrected chi connectivity index (χ2v) is 8.48. The summed E-state index contributed by atoms with van der Waals surface area (Å²) < 4.78 is 53.5. The molecular formula is C18H19ClF2N2O2S. The maximum absolute atomic E-state index is 13.7. The minimum atomic E-state index is -3.62. The fourth-order valence-corrected chi connectivity index (χ4v) is 4.90. The van der Waals surface area contributed by atoms with E-state index in [-0.39, 0.29) is 9.92 Å². The lowest BCUT2D eigenvalue weighted by molar-refractivity contribution is 0.190. The van der Waals surface area contributed by atoms with E-state index in [1.54, 1.807) is 18.2 Å². The van der Waals surface area contributed by atoms with E-state index >= 15 is 0 Å². The van der Waals surface area contributed by atoms with Crippen molar-refractivity contribution in [2.75, 3.05) is 32.7 Å². The highest BCUT2D eigenvalue weighted by Gasteiger charge is 2.29. The summed E-state index contributed by atoms with van der Waals surface area (Å²) in [6.45, 7) is 2.38. The van der Waals surface area contributed by atoms with Gasteiger partial charge in [-0.1, -0.05) is 29.8 Å². The van der Waals surface area contributed by atoms with E-state index < -0.39 is 21.7 Å². The average Bonchev–Trinajstić information content (AvgIpc) is 2.61. The van der Waals surface area contributed by atoms with Crippen LogP contribution in [0.2, 0.25) is 5.02 Å². The summed E-state index contributed by atoms with van der Waals surface area (Å²) in [5.74, 6) is -1.14. The zero-order valence-corrected chi connectivity index (χ0v) is 15.6. The zero-order chi connectivity index (χ0) is 18.7. The van der Waals surface area contributed by atoms with E-state index in [0.717, 1.165) is 6.07 Å². The van der Waals surface area contributed by atoms with Crippen molar-refractivity contribution >= 4 is 21.6 Å². The number of hydrogen-bond donors (Lipinski definition) is 0. The Labute approximate surface area is 157 Å². The molecule has 0 bridgehead atoms. The minimum absolute atomic E-state index is 0.114. The first-order valence-corrected chi connectivity index (χ1v) is 10.1. The number of hydrogen-bond acceptors (Lipinski definition) is 3. The maximum Gasteiger partial charge on any atom is 0.244 e. The van der Waals surface area contributed by atoms with Crippen molar-refractivity contribution in [3.05, 3.63) is 64.7 Å². The van der Waals surface area contributed by atoms with Gasteiger partial charge in [0.15, 0.2) is 0 Å². The van der Waals surface area contributed by atoms with Crippen LogP contribution in [0.15, 0.2) is 47.4 Å². The standard InChI is InChI=1S/C18H19ClF2N2O2S/c19-16-3-1-2-4-18(16)26(24,25)23-11-9-22(10-12-23)8-7-14-5-6-15(20)13-17(14)21/h1-6,13H,7-12H2. The van der Waals surface area contributed by atoms with Crippen LogP contribution in [-0.2, 0) is 16.4 Å². The van der Waals surface area contributed by atoms with Crippen molar-refractivity contribution in [2.45, 2.75) is 11.3 Å². The van der Waals surface area contributed by atoms with Gasteiger partial charge in [0, 0.05) is 38.8 Å². The zero-order valence-electron chi connectivity index (χ0n) is 14.0. The summed E-state index contributed by atoms with van der Waals surface area (Å²) in [6.07, 6.45) is 0.448. The Morgan fingerprint density at radius 1 is 1.00 bits per heavy atom. The van der Waals surface area contributed by atoms with Gasteiger partial charge in [-0.3, -0.25) is 0 Å². The van der Waals surface area contributed by atoms with Crippen LogP contribution in [0, 0.1) is 11.6 Å². The summed E-state index contributed by atoms with van der Waals surface area (Å²) in [4.78, 5) is 2.19. The maximum atomic E-state index is 13.7. The van der Waals surface area contributed by atoms with Crippen molar-refractivity contribution in [3.63, 3.8) is 0 Å². The van der Waals surface area contributed by atoms with Crippen LogP contribution in [-0.4, -0.2) is 50.3 Å². The summed E-state index contributed by atoms with van der Waals surface area (Å²) in [5, 5.41) is 0.210. The molecule has 0 saturated carbocycles. The van der Waals surface area contributed by atoms with Crippen LogP contribution in [0.4, 0.5) is 8.78 Å². The number of rotatable bonds is 5. The molecule has 0 radical (unpaired) electrons. The molecule has 0 N–H and O–H groups in total. The topological polar surface area (TPSA) is 40.6 Å². The summed E-state index contributed by atoms with van der Waals surface area (Å²) in [5.41, 5.74) is 0.456. The predicted octanol–water partition coefficient (Wildman–Crippen LogP) is 3.17. The SMILES string of the molecule is O=S(=O)(c1ccccc1Cl)N1CCN(CCc2ccc(F)cc2F)CC1. The van der Waals surface area contributed by atoms with Gasteiger partial charge < -0.3 is 4.90 Å². The van der Waals surface area contributed by atoms with E-state index in [4.69, 9.17) is 11.6 Å². The molecule has 140 valence electrons. The van der Waals surface area contributed by atoms with Gasteiger partial charge in [-0.15, -0.1) is 0 Å². The van der Waals surface area contributed by atoms with E-state index in [2.05, 4.69) is 4.90 Å². The molecule has 4 nitrogen and oxygen atoms in total. The van der Waals surface area contributed by atoms with Crippen LogP contribution in [0.25, 0.3) is 0 Å². The molecule has 1 aliphatic heterocycles. The van der Waals surface area contributed by atoms with E-state index in [1.807, 2.05) is 0 Å². The van der Waals surface area contributed by atoms with Crippen LogP contribution in [0.3, 0.4) is 0 Å². The molecule has 1 saturated heterocycles. The van der Waals surface area contributed by atoms with E-state index in [1.165, 1.54) is 22.5 Å². The highest BCUT2D eigenvalue weighted by Crippen LogP contribution is 2.25. The minimum Gasteiger partial charge on any atom is -0.300 e. The Morgan fingerprint density at radius 3 is 2.35 bits per heavy atom. The fraction of sp³-hybridized carbons (Fsp3) is 0.333. The molecular weight excluding hydrogens is 382 g/mol. The molecule has 0 atom stereocenters. The molecule has 0 unspecified atom stereocenters. The van der Waals surface area contributed by atoms with Gasteiger partial charge in [0.25, 0.3) is 0 Å². The van der Waals surface area contributed by atoms with Gasteiger partial charge in [0.05, 0.1) is 5.02 Å². The second-order valence-electron chi connectivity index (χ2n) is 6.16. The Bertz CT molecular complexity index is 885. The van der Waals surface area contributed by atoms with Gasteiger partial charge in [0.2, 0.25) is 10.0 Å². The first kappa shape index (κ1) is 19.2. The Balaban J connectivity index is 1.58. The molecule has 0 aliphatic carbocycles. The third-order valence-corrected chi connectivity index (χ3v) is 6.90. The third-order valence-electron chi connectivity index (χ3n) is 4.50. The van der Waals surface area contributed by atoms with Crippen LogP contribution >= 0.6 is 11.6 Å². The smallest absolute Gasteiger partial charge is 0.244 e. The number of piperazine rings is 1. The van der Waals surface area contributed by atoms with Crippen LogP contribution < -0.4 is 0 Å². The molecule has 1 fully saturated rings. The Morgan fingerprint density at radius 2 is 1.69 bits per heavy atom. The summed E-state index contributed by atoms with van der Waals surface area (Å²) in [6, 6.07) is 9.96. The van der Waals surface area contributed by atoms with Gasteiger partial charge in [-0.2, -0.15) is 4.31 Å². The fourth-order valence-electron chi connectivity index (χ4n) is 2.99. The Hall–Kier alpha value is -1.54. The van der Waals surface area contributed by atoms with Crippen molar-refractivity contribution < 1.29 is 17.2 Å². The normalized spacial score (nSPS) is 16.7. The lowest BCUT2D eigenvalue weighted by Crippen LogP contribution is -2.49. The van der Waals surface area contributed by atoms with Gasteiger partial charge >= 0.3 is 0 Å². The van der Waals surface area contributed by atoms with Gasteiger partial charge in [-0.05, 0) is 30.2 Å². The van der Waals surface area contributed by atoms with E-state index in [0.29, 0.717) is 44.7 Å². The second kappa shape index (κ2) is 8.00. The molecule has 0 spiro atoms. The molecule has 26 heavy (non-hydrogen) atoms. The molecule has 0 amide bonds. The van der Waals surface area contributed by atoms with Crippen LogP contribution in [0.5, 0.6) is 0 Å². The monoisotopic (exact) mass is 400 g/mol. The quantitative estimate of drug-likeness (QED) is 0.774. The number of halogens is 3. The average molecular weight is 401 g/mol. The van der Waals surface area contributed by atoms with Crippen molar-refractivity contribution in [2.24, 2.45) is 0 Å². The molecule has 2 aromatic carbocycles. The number of nitrogens with zero attached hydrogens (tertiary/aromatic N) is 2. The molecule has 0 aromatic heterocycles. The molecule has 1 aliphatic rings. The van der Waals surface area contributed by atoms with Gasteiger partial charge in [-0.25, -0.2) is 17.2 Å². The first-order valence-electron chi connectivity index (χ1n) is 8.29. The predicted molar refractivity (Wildman–Crippen MR) is 96.7 cm³/mol. The number of sulfonamides is 1. The lowest BCUT2D eigenvalue weighted by Gasteiger charge is -2.34. The Kier molecular flexibility index (Phi) is 5.92. The van der Waals surface area contributed by atoms with Crippen molar-refractivity contribution in [1.82, 2.24) is 9.21 Å². The first-order chi connectivity index (χ1) is 12.4. The highest BCUT2D eigenvalue weighted by molar-refractivity contribution is 7.89. The summed E-state index contributed by atoms with van der Waals surface area (Å²) in [7, 11) is -3.62. The highest BCUT2D eigenvalue weighted by atomic mass is 35.5. The molecule has 3 rings (SSSR count). The van der Waals surface area contributed by atoms with Crippen LogP contribution in [0.1, 0.15) is 5.56 Å². The lowest BCUT2D eigenvalue weighted by atomic mass is 10.1. The van der Waals surface area contributed by atoms with Gasteiger partial charge in [0.1, 0.15) is 16.5 Å². The van der Waals surface area contributed by atoms with E-state index in [9.17, 15) is 17.2 Å². The van der Waals surface area contributed by atoms with Crippen molar-refractivity contribution in [3.8, 4) is 0 Å². The molecule has 1 heterocycles. The van der Waals surface area contributed by atoms with Crippen molar-refractivity contribution in [1.29, 1.82) is 0 Å². The number of benzene rings is 2. The third kappa shape index (κ3) is 4.23.